The van der Waals surface area contributed by atoms with Crippen LogP contribution >= 0.6 is 0 Å². The first-order valence-corrected chi connectivity index (χ1v) is 12.1. The minimum absolute atomic E-state index is 0.0154. The van der Waals surface area contributed by atoms with Crippen molar-refractivity contribution in [1.29, 1.82) is 0 Å². The number of hydrogen-bond acceptors (Lipinski definition) is 4. The number of nitrogens with zero attached hydrogens (tertiary/aromatic N) is 1. The molecule has 0 spiro atoms. The summed E-state index contributed by atoms with van der Waals surface area (Å²) in [7, 11) is -3.43. The van der Waals surface area contributed by atoms with Crippen molar-refractivity contribution >= 4 is 27.5 Å². The number of amides is 2. The van der Waals surface area contributed by atoms with Gasteiger partial charge in [-0.15, -0.1) is 0 Å². The Morgan fingerprint density at radius 1 is 1.00 bits per heavy atom. The van der Waals surface area contributed by atoms with Gasteiger partial charge in [0, 0.05) is 25.0 Å². The number of sulfonamides is 1. The second kappa shape index (κ2) is 10.1. The van der Waals surface area contributed by atoms with Crippen molar-refractivity contribution in [3.63, 3.8) is 0 Å². The maximum Gasteiger partial charge on any atom is 0.253 e. The van der Waals surface area contributed by atoms with E-state index >= 15 is 0 Å². The standard InChI is InChI=1S/C23H29N3O4S/c1-17(2)24-23(28)20-10-6-7-11-21(20)25-22(27)19-12-14-26(15-13-19)31(29,30)16-18-8-4-3-5-9-18/h3-11,17,19H,12-16H2,1-2H3,(H,24,28)(H,25,27). The first-order chi connectivity index (χ1) is 14.8. The summed E-state index contributed by atoms with van der Waals surface area (Å²) in [5.74, 6) is -0.773. The molecule has 2 amide bonds. The van der Waals surface area contributed by atoms with Gasteiger partial charge in [-0.25, -0.2) is 12.7 Å². The molecule has 0 bridgehead atoms. The lowest BCUT2D eigenvalue weighted by molar-refractivity contribution is -0.120. The van der Waals surface area contributed by atoms with E-state index in [1.807, 2.05) is 32.0 Å². The Morgan fingerprint density at radius 2 is 1.61 bits per heavy atom. The lowest BCUT2D eigenvalue weighted by atomic mass is 9.97. The van der Waals surface area contributed by atoms with Gasteiger partial charge in [0.25, 0.3) is 5.91 Å². The van der Waals surface area contributed by atoms with Crippen LogP contribution in [0.15, 0.2) is 54.6 Å². The van der Waals surface area contributed by atoms with Gasteiger partial charge in [-0.3, -0.25) is 9.59 Å². The van der Waals surface area contributed by atoms with Gasteiger partial charge in [-0.2, -0.15) is 0 Å². The van der Waals surface area contributed by atoms with E-state index in [2.05, 4.69) is 10.6 Å². The van der Waals surface area contributed by atoms with Gasteiger partial charge >= 0.3 is 0 Å². The van der Waals surface area contributed by atoms with E-state index in [9.17, 15) is 18.0 Å². The molecule has 166 valence electrons. The highest BCUT2D eigenvalue weighted by Gasteiger charge is 2.31. The second-order valence-corrected chi connectivity index (χ2v) is 10.0. The van der Waals surface area contributed by atoms with Gasteiger partial charge in [0.05, 0.1) is 17.0 Å². The number of hydrogen-bond donors (Lipinski definition) is 2. The third kappa shape index (κ3) is 6.15. The van der Waals surface area contributed by atoms with E-state index < -0.39 is 10.0 Å². The lowest BCUT2D eigenvalue weighted by Crippen LogP contribution is -2.42. The molecule has 2 aromatic rings. The summed E-state index contributed by atoms with van der Waals surface area (Å²) in [5.41, 5.74) is 1.62. The van der Waals surface area contributed by atoms with E-state index in [1.165, 1.54) is 4.31 Å². The summed E-state index contributed by atoms with van der Waals surface area (Å²) in [6.07, 6.45) is 0.889. The van der Waals surface area contributed by atoms with Crippen molar-refractivity contribution in [3.8, 4) is 0 Å². The molecule has 1 aliphatic rings. The van der Waals surface area contributed by atoms with Gasteiger partial charge in [0.2, 0.25) is 15.9 Å². The minimum Gasteiger partial charge on any atom is -0.350 e. The Bertz CT molecular complexity index is 1010. The van der Waals surface area contributed by atoms with Gasteiger partial charge in [0.15, 0.2) is 0 Å². The molecule has 0 radical (unpaired) electrons. The SMILES string of the molecule is CC(C)NC(=O)c1ccccc1NC(=O)C1CCN(S(=O)(=O)Cc2ccccc2)CC1. The predicted octanol–water partition coefficient (Wildman–Crippen LogP) is 3.01. The molecule has 1 saturated heterocycles. The van der Waals surface area contributed by atoms with Crippen molar-refractivity contribution in [2.45, 2.75) is 38.5 Å². The third-order valence-electron chi connectivity index (χ3n) is 5.26. The highest BCUT2D eigenvalue weighted by molar-refractivity contribution is 7.88. The summed E-state index contributed by atoms with van der Waals surface area (Å²) in [5, 5.41) is 5.69. The average Bonchev–Trinajstić information content (AvgIpc) is 2.74. The Balaban J connectivity index is 1.59. The van der Waals surface area contributed by atoms with Crippen molar-refractivity contribution in [2.75, 3.05) is 18.4 Å². The number of nitrogens with one attached hydrogen (secondary N) is 2. The molecule has 8 heteroatoms. The zero-order chi connectivity index (χ0) is 22.4. The molecule has 31 heavy (non-hydrogen) atoms. The second-order valence-electron chi connectivity index (χ2n) is 8.08. The van der Waals surface area contributed by atoms with Crippen molar-refractivity contribution in [1.82, 2.24) is 9.62 Å². The zero-order valence-corrected chi connectivity index (χ0v) is 18.7. The lowest BCUT2D eigenvalue weighted by Gasteiger charge is -2.30. The van der Waals surface area contributed by atoms with Crippen LogP contribution in [0.5, 0.6) is 0 Å². The number of carbonyl (C=O) groups excluding carboxylic acids is 2. The van der Waals surface area contributed by atoms with Crippen LogP contribution in [-0.2, 0) is 20.6 Å². The van der Waals surface area contributed by atoms with Gasteiger partial charge < -0.3 is 10.6 Å². The van der Waals surface area contributed by atoms with Gasteiger partial charge in [-0.1, -0.05) is 42.5 Å². The average molecular weight is 444 g/mol. The van der Waals surface area contributed by atoms with E-state index in [0.717, 1.165) is 5.56 Å². The fourth-order valence-electron chi connectivity index (χ4n) is 3.64. The number of anilines is 1. The molecule has 1 fully saturated rings. The van der Waals surface area contributed by atoms with Crippen LogP contribution in [0.3, 0.4) is 0 Å². The molecule has 2 N–H and O–H groups in total. The number of carbonyl (C=O) groups is 2. The van der Waals surface area contributed by atoms with E-state index in [4.69, 9.17) is 0 Å². The third-order valence-corrected chi connectivity index (χ3v) is 7.11. The minimum atomic E-state index is -3.43. The number of para-hydroxylation sites is 1. The number of rotatable bonds is 7. The molecule has 0 saturated carbocycles. The van der Waals surface area contributed by atoms with Crippen LogP contribution in [0.2, 0.25) is 0 Å². The topological polar surface area (TPSA) is 95.6 Å². The van der Waals surface area contributed by atoms with Crippen molar-refractivity contribution in [2.24, 2.45) is 5.92 Å². The first-order valence-electron chi connectivity index (χ1n) is 10.5. The largest absolute Gasteiger partial charge is 0.350 e. The molecular weight excluding hydrogens is 414 g/mol. The Morgan fingerprint density at radius 3 is 2.26 bits per heavy atom. The predicted molar refractivity (Wildman–Crippen MR) is 121 cm³/mol. The summed E-state index contributed by atoms with van der Waals surface area (Å²) in [6.45, 7) is 4.36. The van der Waals surface area contributed by atoms with E-state index in [0.29, 0.717) is 37.2 Å². The molecule has 0 atom stereocenters. The molecule has 2 aromatic carbocycles. The Kier molecular flexibility index (Phi) is 7.46. The van der Waals surface area contributed by atoms with Crippen LogP contribution in [0.25, 0.3) is 0 Å². The fraction of sp³-hybridized carbons (Fsp3) is 0.391. The van der Waals surface area contributed by atoms with Crippen LogP contribution in [-0.4, -0.2) is 43.7 Å². The Labute approximate surface area is 183 Å². The normalized spacial score (nSPS) is 15.6. The van der Waals surface area contributed by atoms with Crippen molar-refractivity contribution in [3.05, 3.63) is 65.7 Å². The summed E-state index contributed by atoms with van der Waals surface area (Å²) >= 11 is 0. The summed E-state index contributed by atoms with van der Waals surface area (Å²) in [4.78, 5) is 25.2. The van der Waals surface area contributed by atoms with E-state index in [1.54, 1.807) is 36.4 Å². The van der Waals surface area contributed by atoms with Crippen molar-refractivity contribution < 1.29 is 18.0 Å². The quantitative estimate of drug-likeness (QED) is 0.688. The Hall–Kier alpha value is -2.71. The molecule has 1 aliphatic heterocycles. The van der Waals surface area contributed by atoms with Gasteiger partial charge in [0.1, 0.15) is 0 Å². The van der Waals surface area contributed by atoms with Crippen LogP contribution in [0, 0.1) is 5.92 Å². The van der Waals surface area contributed by atoms with Gasteiger partial charge in [-0.05, 0) is 44.4 Å². The molecule has 0 aromatic heterocycles. The molecule has 0 aliphatic carbocycles. The smallest absolute Gasteiger partial charge is 0.253 e. The molecular formula is C23H29N3O4S. The first kappa shape index (κ1) is 23.0. The van der Waals surface area contributed by atoms with E-state index in [-0.39, 0.29) is 29.5 Å². The molecule has 0 unspecified atom stereocenters. The number of benzene rings is 2. The zero-order valence-electron chi connectivity index (χ0n) is 17.9. The monoisotopic (exact) mass is 443 g/mol. The molecule has 7 nitrogen and oxygen atoms in total. The fourth-order valence-corrected chi connectivity index (χ4v) is 5.20. The van der Waals surface area contributed by atoms with Crippen LogP contribution < -0.4 is 10.6 Å². The van der Waals surface area contributed by atoms with Crippen LogP contribution in [0.1, 0.15) is 42.6 Å². The maximum absolute atomic E-state index is 12.8. The maximum atomic E-state index is 12.8. The number of piperidine rings is 1. The molecule has 3 rings (SSSR count). The molecule has 1 heterocycles. The highest BCUT2D eigenvalue weighted by Crippen LogP contribution is 2.24. The summed E-state index contributed by atoms with van der Waals surface area (Å²) in [6, 6.07) is 16.0. The van der Waals surface area contributed by atoms with Crippen LogP contribution in [0.4, 0.5) is 5.69 Å². The highest BCUT2D eigenvalue weighted by atomic mass is 32.2. The summed E-state index contributed by atoms with van der Waals surface area (Å²) < 4.78 is 26.9.